The molecule has 3 fully saturated rings. The molecule has 0 bridgehead atoms. The van der Waals surface area contributed by atoms with Crippen molar-refractivity contribution in [1.82, 2.24) is 0 Å². The zero-order valence-electron chi connectivity index (χ0n) is 7.97. The number of fused-ring (bicyclic) bond motifs is 3. The van der Waals surface area contributed by atoms with E-state index >= 15 is 0 Å². The average Bonchev–Trinajstić information content (AvgIpc) is 2.71. The van der Waals surface area contributed by atoms with E-state index < -0.39 is 0 Å². The predicted octanol–water partition coefficient (Wildman–Crippen LogP) is 3.61. The largest absolute Gasteiger partial charge is 0.0527 e. The fourth-order valence-electron chi connectivity index (χ4n) is 4.40. The highest BCUT2D eigenvalue weighted by Crippen LogP contribution is 2.53. The SMILES string of the molecule is C1C[C@H]2CC[C@H]3CCC[C@@H]3[C@@H]2C1. The van der Waals surface area contributed by atoms with Crippen LogP contribution in [-0.2, 0) is 0 Å². The van der Waals surface area contributed by atoms with Gasteiger partial charge in [-0.15, -0.1) is 0 Å². The summed E-state index contributed by atoms with van der Waals surface area (Å²) in [4.78, 5) is 0. The second kappa shape index (κ2) is 2.75. The molecule has 0 heterocycles. The lowest BCUT2D eigenvalue weighted by Crippen LogP contribution is -2.28. The van der Waals surface area contributed by atoms with Gasteiger partial charge in [0.25, 0.3) is 0 Å². The Kier molecular flexibility index (Phi) is 1.70. The van der Waals surface area contributed by atoms with Crippen molar-refractivity contribution < 1.29 is 0 Å². The molecule has 4 atom stereocenters. The molecule has 0 aliphatic heterocycles. The fraction of sp³-hybridized carbons (Fsp3) is 1.00. The van der Waals surface area contributed by atoms with E-state index in [1.165, 1.54) is 23.7 Å². The Morgan fingerprint density at radius 2 is 1.00 bits per heavy atom. The van der Waals surface area contributed by atoms with Crippen LogP contribution in [0.3, 0.4) is 0 Å². The minimum absolute atomic E-state index is 1.17. The lowest BCUT2D eigenvalue weighted by molar-refractivity contribution is 0.136. The van der Waals surface area contributed by atoms with Crippen LogP contribution in [0.25, 0.3) is 0 Å². The molecule has 0 N–H and O–H groups in total. The molecule has 3 saturated carbocycles. The molecule has 68 valence electrons. The van der Waals surface area contributed by atoms with Gasteiger partial charge >= 0.3 is 0 Å². The monoisotopic (exact) mass is 164 g/mol. The highest BCUT2D eigenvalue weighted by atomic mass is 14.5. The highest BCUT2D eigenvalue weighted by Gasteiger charge is 2.43. The van der Waals surface area contributed by atoms with Gasteiger partial charge in [-0.2, -0.15) is 0 Å². The highest BCUT2D eigenvalue weighted by molar-refractivity contribution is 4.93. The second-order valence-corrected chi connectivity index (χ2v) is 5.29. The molecule has 0 radical (unpaired) electrons. The van der Waals surface area contributed by atoms with Gasteiger partial charge in [-0.25, -0.2) is 0 Å². The summed E-state index contributed by atoms with van der Waals surface area (Å²) in [5.41, 5.74) is 0. The van der Waals surface area contributed by atoms with Crippen molar-refractivity contribution in [3.05, 3.63) is 0 Å². The van der Waals surface area contributed by atoms with Gasteiger partial charge in [-0.1, -0.05) is 25.7 Å². The molecule has 0 spiro atoms. The second-order valence-electron chi connectivity index (χ2n) is 5.29. The molecule has 0 saturated heterocycles. The van der Waals surface area contributed by atoms with Crippen LogP contribution in [0.1, 0.15) is 51.4 Å². The van der Waals surface area contributed by atoms with E-state index in [1.54, 1.807) is 51.4 Å². The van der Waals surface area contributed by atoms with E-state index in [2.05, 4.69) is 0 Å². The van der Waals surface area contributed by atoms with E-state index in [-0.39, 0.29) is 0 Å². The van der Waals surface area contributed by atoms with Gasteiger partial charge in [0.15, 0.2) is 0 Å². The summed E-state index contributed by atoms with van der Waals surface area (Å²) in [6.07, 6.45) is 12.6. The Bertz CT molecular complexity index is 153. The lowest BCUT2D eigenvalue weighted by atomic mass is 9.69. The molecule has 3 rings (SSSR count). The van der Waals surface area contributed by atoms with Crippen LogP contribution in [0.5, 0.6) is 0 Å². The summed E-state index contributed by atoms with van der Waals surface area (Å²) in [5, 5.41) is 0. The van der Waals surface area contributed by atoms with Crippen molar-refractivity contribution in [1.29, 1.82) is 0 Å². The number of rotatable bonds is 0. The van der Waals surface area contributed by atoms with Crippen molar-refractivity contribution in [2.45, 2.75) is 51.4 Å². The van der Waals surface area contributed by atoms with Gasteiger partial charge in [0.1, 0.15) is 0 Å². The summed E-state index contributed by atoms with van der Waals surface area (Å²) < 4.78 is 0. The minimum atomic E-state index is 1.17. The third-order valence-corrected chi connectivity index (χ3v) is 4.89. The smallest absolute Gasteiger partial charge is 0.0355 e. The van der Waals surface area contributed by atoms with E-state index in [0.29, 0.717) is 0 Å². The molecule has 0 aromatic heterocycles. The molecule has 0 unspecified atom stereocenters. The van der Waals surface area contributed by atoms with Crippen LogP contribution in [-0.4, -0.2) is 0 Å². The van der Waals surface area contributed by atoms with E-state index in [0.717, 1.165) is 0 Å². The van der Waals surface area contributed by atoms with E-state index in [4.69, 9.17) is 0 Å². The first-order valence-electron chi connectivity index (χ1n) is 5.95. The van der Waals surface area contributed by atoms with Crippen molar-refractivity contribution >= 4 is 0 Å². The molecular formula is C12H20. The Balaban J connectivity index is 1.81. The van der Waals surface area contributed by atoms with Crippen molar-refractivity contribution in [3.63, 3.8) is 0 Å². The zero-order chi connectivity index (χ0) is 7.97. The predicted molar refractivity (Wildman–Crippen MR) is 50.9 cm³/mol. The summed E-state index contributed by atoms with van der Waals surface area (Å²) in [7, 11) is 0. The topological polar surface area (TPSA) is 0 Å². The zero-order valence-corrected chi connectivity index (χ0v) is 7.97. The Hall–Kier alpha value is 0. The third kappa shape index (κ3) is 0.963. The summed E-state index contributed by atoms with van der Waals surface area (Å²) in [6, 6.07) is 0. The first-order chi connectivity index (χ1) is 5.95. The van der Waals surface area contributed by atoms with Gasteiger partial charge in [-0.05, 0) is 49.4 Å². The molecule has 12 heavy (non-hydrogen) atoms. The Labute approximate surface area is 75.7 Å². The average molecular weight is 164 g/mol. The van der Waals surface area contributed by atoms with Crippen LogP contribution < -0.4 is 0 Å². The van der Waals surface area contributed by atoms with E-state index in [1.807, 2.05) is 0 Å². The molecule has 0 amide bonds. The van der Waals surface area contributed by atoms with Crippen LogP contribution in [0.15, 0.2) is 0 Å². The molecule has 0 aromatic carbocycles. The lowest BCUT2D eigenvalue weighted by Gasteiger charge is -2.36. The normalized spacial score (nSPS) is 52.0. The summed E-state index contributed by atoms with van der Waals surface area (Å²) in [6.45, 7) is 0. The van der Waals surface area contributed by atoms with Crippen LogP contribution >= 0.6 is 0 Å². The fourth-order valence-corrected chi connectivity index (χ4v) is 4.40. The molecular weight excluding hydrogens is 144 g/mol. The van der Waals surface area contributed by atoms with Crippen LogP contribution in [0, 0.1) is 23.7 Å². The Morgan fingerprint density at radius 3 is 1.50 bits per heavy atom. The summed E-state index contributed by atoms with van der Waals surface area (Å²) >= 11 is 0. The van der Waals surface area contributed by atoms with Gasteiger partial charge in [0.2, 0.25) is 0 Å². The Morgan fingerprint density at radius 1 is 0.500 bits per heavy atom. The van der Waals surface area contributed by atoms with Gasteiger partial charge in [-0.3, -0.25) is 0 Å². The van der Waals surface area contributed by atoms with Crippen molar-refractivity contribution in [2.75, 3.05) is 0 Å². The van der Waals surface area contributed by atoms with Crippen LogP contribution in [0.4, 0.5) is 0 Å². The standard InChI is InChI=1S/C12H20/c1-3-9-7-8-10-4-2-6-12(10)11(9)5-1/h9-12H,1-8H2/t9-,10+,11+,12-. The molecule has 0 nitrogen and oxygen atoms in total. The molecule has 3 aliphatic carbocycles. The van der Waals surface area contributed by atoms with E-state index in [9.17, 15) is 0 Å². The maximum absolute atomic E-state index is 1.59. The molecule has 0 aromatic rings. The summed E-state index contributed by atoms with van der Waals surface area (Å²) in [5.74, 6) is 4.71. The minimum Gasteiger partial charge on any atom is -0.0527 e. The third-order valence-electron chi connectivity index (χ3n) is 4.89. The van der Waals surface area contributed by atoms with Crippen molar-refractivity contribution in [2.24, 2.45) is 23.7 Å². The van der Waals surface area contributed by atoms with Gasteiger partial charge < -0.3 is 0 Å². The first-order valence-corrected chi connectivity index (χ1v) is 5.95. The maximum Gasteiger partial charge on any atom is -0.0355 e. The van der Waals surface area contributed by atoms with Crippen LogP contribution in [0.2, 0.25) is 0 Å². The van der Waals surface area contributed by atoms with Gasteiger partial charge in [0.05, 0.1) is 0 Å². The quantitative estimate of drug-likeness (QED) is 0.513. The maximum atomic E-state index is 1.59. The first kappa shape index (κ1) is 7.41. The molecule has 3 aliphatic rings. The number of hydrogen-bond acceptors (Lipinski definition) is 0. The van der Waals surface area contributed by atoms with Gasteiger partial charge in [0, 0.05) is 0 Å². The van der Waals surface area contributed by atoms with Crippen molar-refractivity contribution in [3.8, 4) is 0 Å². The number of hydrogen-bond donors (Lipinski definition) is 0. The molecule has 0 heteroatoms.